The van der Waals surface area contributed by atoms with E-state index in [1.165, 1.54) is 7.11 Å². The standard InChI is InChI=1S/C39H40FN5O4/c1-21(39(47)48-3)32-18-30-37(45(32)36-24-16-31(36)42-19-24)29-15-23(9-6-12-41)33(28-17-26(46)14-22-8-4-5-11-27(22)28)34(40)35(29)43-38(30)49-20-25-10-7-13-44(25)2/h4-5,8,11,14-15,17-18,21,24-25,31,36,42,46H,6-7,9-10,13,16,19-20H2,1-3H3/t21?,24?,25-,31?,36?/m0/s1. The van der Waals surface area contributed by atoms with Gasteiger partial charge in [-0.25, -0.2) is 9.37 Å². The molecule has 4 unspecified atom stereocenters. The van der Waals surface area contributed by atoms with Crippen LogP contribution in [0.15, 0.2) is 48.5 Å². The molecule has 2 bridgehead atoms. The average molecular weight is 662 g/mol. The number of pyridine rings is 1. The largest absolute Gasteiger partial charge is 0.508 e. The van der Waals surface area contributed by atoms with Gasteiger partial charge in [0.2, 0.25) is 5.88 Å². The van der Waals surface area contributed by atoms with Crippen LogP contribution in [0.1, 0.15) is 55.8 Å². The molecule has 2 aromatic heterocycles. The number of nitrogens with zero attached hydrogens (tertiary/aromatic N) is 4. The Kier molecular flexibility index (Phi) is 7.92. The zero-order chi connectivity index (χ0) is 34.0. The van der Waals surface area contributed by atoms with E-state index in [9.17, 15) is 15.2 Å². The van der Waals surface area contributed by atoms with Crippen molar-refractivity contribution in [3.8, 4) is 28.8 Å². The minimum atomic E-state index is -0.581. The summed E-state index contributed by atoms with van der Waals surface area (Å²) in [6, 6.07) is 17.5. The van der Waals surface area contributed by atoms with Crippen LogP contribution in [0, 0.1) is 23.1 Å². The maximum atomic E-state index is 17.6. The number of likely N-dealkylation sites (N-methyl/N-ethyl adjacent to an activating group) is 1. The van der Waals surface area contributed by atoms with Crippen LogP contribution in [-0.4, -0.2) is 71.5 Å². The summed E-state index contributed by atoms with van der Waals surface area (Å²) < 4.78 is 31.6. The molecule has 0 spiro atoms. The molecule has 10 heteroatoms. The van der Waals surface area contributed by atoms with Crippen LogP contribution in [0.25, 0.3) is 43.7 Å². The summed E-state index contributed by atoms with van der Waals surface area (Å²) in [6.07, 6.45) is 3.61. The number of esters is 1. The van der Waals surface area contributed by atoms with Crippen LogP contribution in [0.3, 0.4) is 0 Å². The Hall–Kier alpha value is -4.72. The van der Waals surface area contributed by atoms with Crippen molar-refractivity contribution in [3.63, 3.8) is 0 Å². The number of phenolic OH excluding ortho intramolecular Hbond substituents is 1. The van der Waals surface area contributed by atoms with E-state index < -0.39 is 11.7 Å². The highest BCUT2D eigenvalue weighted by atomic mass is 19.1. The fourth-order valence-electron chi connectivity index (χ4n) is 8.57. The van der Waals surface area contributed by atoms with Crippen molar-refractivity contribution in [3.05, 3.63) is 65.6 Å². The lowest BCUT2D eigenvalue weighted by molar-refractivity contribution is -0.142. The summed E-state index contributed by atoms with van der Waals surface area (Å²) in [4.78, 5) is 20.3. The van der Waals surface area contributed by atoms with Gasteiger partial charge in [-0.15, -0.1) is 0 Å². The first kappa shape index (κ1) is 31.5. The summed E-state index contributed by atoms with van der Waals surface area (Å²) in [5.74, 6) is -0.747. The molecule has 2 N–H and O–H groups in total. The number of methoxy groups -OCH3 is 1. The van der Waals surface area contributed by atoms with E-state index in [0.717, 1.165) is 59.7 Å². The Morgan fingerprint density at radius 3 is 2.76 bits per heavy atom. The number of aryl methyl sites for hydroxylation is 1. The number of hydrogen-bond donors (Lipinski definition) is 2. The third-order valence-corrected chi connectivity index (χ3v) is 11.2. The second-order valence-corrected chi connectivity index (χ2v) is 13.9. The molecule has 1 aliphatic carbocycles. The van der Waals surface area contributed by atoms with E-state index in [4.69, 9.17) is 14.5 Å². The lowest BCUT2D eigenvalue weighted by Gasteiger charge is -2.38. The zero-order valence-electron chi connectivity index (χ0n) is 28.0. The Balaban J connectivity index is 1.45. The van der Waals surface area contributed by atoms with Crippen LogP contribution < -0.4 is 10.1 Å². The topological polar surface area (TPSA) is 113 Å². The van der Waals surface area contributed by atoms with Crippen LogP contribution in [0.2, 0.25) is 0 Å². The second kappa shape index (κ2) is 12.3. The number of hydrogen-bond acceptors (Lipinski definition) is 8. The van der Waals surface area contributed by atoms with Crippen LogP contribution in [0.5, 0.6) is 11.6 Å². The number of benzene rings is 3. The number of nitriles is 1. The van der Waals surface area contributed by atoms with E-state index in [2.05, 4.69) is 27.9 Å². The smallest absolute Gasteiger partial charge is 0.314 e. The van der Waals surface area contributed by atoms with Crippen LogP contribution in [-0.2, 0) is 16.0 Å². The lowest BCUT2D eigenvalue weighted by atomic mass is 9.79. The van der Waals surface area contributed by atoms with Gasteiger partial charge in [-0.05, 0) is 98.3 Å². The number of aromatic hydroxyl groups is 1. The summed E-state index contributed by atoms with van der Waals surface area (Å²) in [7, 11) is 3.48. The molecule has 5 aromatic rings. The van der Waals surface area contributed by atoms with E-state index in [-0.39, 0.29) is 41.8 Å². The summed E-state index contributed by atoms with van der Waals surface area (Å²) in [5, 5.41) is 26.9. The number of aromatic nitrogens is 2. The molecule has 3 saturated heterocycles. The summed E-state index contributed by atoms with van der Waals surface area (Å²) >= 11 is 0. The highest BCUT2D eigenvalue weighted by molar-refractivity contribution is 6.10. The third kappa shape index (κ3) is 5.10. The molecule has 4 aliphatic rings. The van der Waals surface area contributed by atoms with Gasteiger partial charge < -0.3 is 29.4 Å². The van der Waals surface area contributed by atoms with Crippen molar-refractivity contribution in [1.82, 2.24) is 19.8 Å². The van der Waals surface area contributed by atoms with E-state index >= 15 is 4.39 Å². The summed E-state index contributed by atoms with van der Waals surface area (Å²) in [5.41, 5.74) is 3.22. The van der Waals surface area contributed by atoms with Gasteiger partial charge in [0.05, 0.1) is 36.0 Å². The van der Waals surface area contributed by atoms with Gasteiger partial charge in [0.25, 0.3) is 0 Å². The predicted octanol–water partition coefficient (Wildman–Crippen LogP) is 6.59. The normalized spacial score (nSPS) is 22.4. The molecule has 9 nitrogen and oxygen atoms in total. The van der Waals surface area contributed by atoms with Gasteiger partial charge in [0.1, 0.15) is 17.9 Å². The molecule has 0 radical (unpaired) electrons. The first-order valence-corrected chi connectivity index (χ1v) is 17.2. The fourth-order valence-corrected chi connectivity index (χ4v) is 8.57. The molecule has 0 amide bonds. The van der Waals surface area contributed by atoms with Gasteiger partial charge in [-0.2, -0.15) is 5.26 Å². The quantitative estimate of drug-likeness (QED) is 0.170. The zero-order valence-corrected chi connectivity index (χ0v) is 28.0. The van der Waals surface area contributed by atoms with E-state index in [1.54, 1.807) is 12.1 Å². The fraction of sp³-hybridized carbons (Fsp3) is 0.410. The maximum absolute atomic E-state index is 17.6. The number of nitrogens with one attached hydrogen (secondary N) is 1. The van der Waals surface area contributed by atoms with Gasteiger partial charge in [-0.3, -0.25) is 4.79 Å². The Labute approximate surface area is 284 Å². The molecule has 252 valence electrons. The van der Waals surface area contributed by atoms with Crippen molar-refractivity contribution in [2.45, 2.75) is 63.1 Å². The Morgan fingerprint density at radius 1 is 1.20 bits per heavy atom. The van der Waals surface area contributed by atoms with Crippen molar-refractivity contribution < 1.29 is 23.8 Å². The Morgan fingerprint density at radius 2 is 2.04 bits per heavy atom. The minimum Gasteiger partial charge on any atom is -0.508 e. The minimum absolute atomic E-state index is 0.0239. The number of fused-ring (bicyclic) bond motifs is 5. The number of ether oxygens (including phenoxy) is 2. The molecular formula is C39H40FN5O4. The third-order valence-electron chi connectivity index (χ3n) is 11.2. The molecule has 5 atom stereocenters. The van der Waals surface area contributed by atoms with Crippen molar-refractivity contribution in [2.75, 3.05) is 33.9 Å². The number of likely N-dealkylation sites (tertiary alicyclic amines) is 1. The maximum Gasteiger partial charge on any atom is 0.314 e. The molecule has 3 aliphatic heterocycles. The number of phenols is 1. The number of carbonyl (C=O) groups is 1. The number of halogens is 1. The molecule has 9 rings (SSSR count). The van der Waals surface area contributed by atoms with E-state index in [1.807, 2.05) is 43.3 Å². The van der Waals surface area contributed by atoms with Gasteiger partial charge in [-0.1, -0.05) is 24.3 Å². The van der Waals surface area contributed by atoms with Crippen molar-refractivity contribution in [2.24, 2.45) is 5.92 Å². The molecule has 49 heavy (non-hydrogen) atoms. The monoisotopic (exact) mass is 661 g/mol. The van der Waals surface area contributed by atoms with E-state index in [0.29, 0.717) is 46.9 Å². The van der Waals surface area contributed by atoms with Crippen LogP contribution in [0.4, 0.5) is 4.39 Å². The Bertz CT molecular complexity index is 2160. The molecule has 1 saturated carbocycles. The average Bonchev–Trinajstić information content (AvgIpc) is 3.91. The first-order chi connectivity index (χ1) is 23.8. The molecule has 5 heterocycles. The summed E-state index contributed by atoms with van der Waals surface area (Å²) in [6.45, 7) is 4.11. The van der Waals surface area contributed by atoms with Gasteiger partial charge in [0.15, 0.2) is 5.82 Å². The lowest BCUT2D eigenvalue weighted by Crippen LogP contribution is -2.40. The first-order valence-electron chi connectivity index (χ1n) is 17.2. The van der Waals surface area contributed by atoms with Crippen molar-refractivity contribution >= 4 is 38.5 Å². The highest BCUT2D eigenvalue weighted by Gasteiger charge is 2.49. The highest BCUT2D eigenvalue weighted by Crippen LogP contribution is 2.50. The van der Waals surface area contributed by atoms with Gasteiger partial charge >= 0.3 is 5.97 Å². The van der Waals surface area contributed by atoms with Crippen LogP contribution >= 0.6 is 0 Å². The molecule has 3 aromatic carbocycles. The number of carbonyl (C=O) groups excluding carboxylic acids is 1. The SMILES string of the molecule is COC(=O)C(C)c1cc2c(OC[C@@H]3CCCN3C)nc3c(F)c(-c4cc(O)cc5ccccc45)c(CCC#N)cc3c2n1C1C2CNC1C2. The predicted molar refractivity (Wildman–Crippen MR) is 186 cm³/mol. The molecular weight excluding hydrogens is 621 g/mol. The second-order valence-electron chi connectivity index (χ2n) is 13.9. The van der Waals surface area contributed by atoms with Crippen molar-refractivity contribution in [1.29, 1.82) is 5.26 Å². The van der Waals surface area contributed by atoms with Gasteiger partial charge in [0, 0.05) is 41.7 Å². The number of rotatable bonds is 9. The molecule has 4 fully saturated rings.